The van der Waals surface area contributed by atoms with E-state index in [0.29, 0.717) is 13.2 Å². The smallest absolute Gasteiger partial charge is 0.303 e. The van der Waals surface area contributed by atoms with Gasteiger partial charge in [-0.2, -0.15) is 0 Å². The fraction of sp³-hybridized carbons (Fsp3) is 0.833. The van der Waals surface area contributed by atoms with E-state index in [1.165, 1.54) is 7.11 Å². The van der Waals surface area contributed by atoms with Gasteiger partial charge >= 0.3 is 5.97 Å². The predicted octanol–water partition coefficient (Wildman–Crippen LogP) is -0.670. The number of hydrogen-bond donors (Lipinski definition) is 3. The Kier molecular flexibility index (Phi) is 5.73. The molecule has 5 nitrogen and oxygen atoms in total. The first-order chi connectivity index (χ1) is 5.16. The second-order valence-corrected chi connectivity index (χ2v) is 2.18. The standard InChI is InChI=1S/C6H14N2O3/c1-11-4-8-5(7)2-3-6(9)10/h5,8H,2-4,7H2,1H3,(H,9,10). The highest BCUT2D eigenvalue weighted by Gasteiger charge is 2.03. The molecule has 0 fully saturated rings. The number of methoxy groups -OCH3 is 1. The minimum atomic E-state index is -0.834. The first kappa shape index (κ1) is 10.3. The summed E-state index contributed by atoms with van der Waals surface area (Å²) in [6.45, 7) is 0.348. The Bertz CT molecular complexity index is 118. The van der Waals surface area contributed by atoms with Crippen LogP contribution in [0.1, 0.15) is 12.8 Å². The molecule has 66 valence electrons. The highest BCUT2D eigenvalue weighted by molar-refractivity contribution is 5.66. The Morgan fingerprint density at radius 1 is 1.82 bits per heavy atom. The Hall–Kier alpha value is -0.650. The summed E-state index contributed by atoms with van der Waals surface area (Å²) in [5.41, 5.74) is 5.45. The first-order valence-corrected chi connectivity index (χ1v) is 3.36. The van der Waals surface area contributed by atoms with Crippen LogP contribution < -0.4 is 11.1 Å². The molecule has 0 bridgehead atoms. The van der Waals surface area contributed by atoms with E-state index in [1.54, 1.807) is 0 Å². The Morgan fingerprint density at radius 3 is 2.91 bits per heavy atom. The molecular formula is C6H14N2O3. The molecule has 0 aromatic heterocycles. The third-order valence-corrected chi connectivity index (χ3v) is 1.16. The minimum Gasteiger partial charge on any atom is -0.481 e. The SMILES string of the molecule is COCNC(N)CCC(=O)O. The first-order valence-electron chi connectivity index (χ1n) is 3.36. The fourth-order valence-electron chi connectivity index (χ4n) is 0.571. The van der Waals surface area contributed by atoms with Crippen LogP contribution in [-0.2, 0) is 9.53 Å². The summed E-state index contributed by atoms with van der Waals surface area (Å²) in [6, 6.07) is 0. The van der Waals surface area contributed by atoms with Crippen LogP contribution in [0.25, 0.3) is 0 Å². The lowest BCUT2D eigenvalue weighted by atomic mass is 10.2. The zero-order chi connectivity index (χ0) is 8.69. The maximum Gasteiger partial charge on any atom is 0.303 e. The lowest BCUT2D eigenvalue weighted by Gasteiger charge is -2.10. The highest BCUT2D eigenvalue weighted by atomic mass is 16.5. The number of aliphatic carboxylic acids is 1. The van der Waals surface area contributed by atoms with Crippen molar-refractivity contribution in [1.82, 2.24) is 5.32 Å². The number of carboxylic acids is 1. The normalized spacial score (nSPS) is 12.9. The van der Waals surface area contributed by atoms with Gasteiger partial charge in [0.1, 0.15) is 0 Å². The summed E-state index contributed by atoms with van der Waals surface area (Å²) in [4.78, 5) is 10.1. The van der Waals surface area contributed by atoms with E-state index >= 15 is 0 Å². The maximum absolute atomic E-state index is 10.1. The molecule has 1 atom stereocenters. The van der Waals surface area contributed by atoms with Gasteiger partial charge in [0, 0.05) is 13.5 Å². The Morgan fingerprint density at radius 2 is 2.45 bits per heavy atom. The molecule has 0 amide bonds. The number of rotatable bonds is 6. The van der Waals surface area contributed by atoms with Crippen LogP contribution in [0.15, 0.2) is 0 Å². The van der Waals surface area contributed by atoms with E-state index in [1.807, 2.05) is 0 Å². The Balaban J connectivity index is 3.22. The molecule has 0 aliphatic heterocycles. The van der Waals surface area contributed by atoms with Crippen LogP contribution in [0.3, 0.4) is 0 Å². The number of ether oxygens (including phenoxy) is 1. The molecule has 0 radical (unpaired) electrons. The van der Waals surface area contributed by atoms with Crippen molar-refractivity contribution in [2.75, 3.05) is 13.8 Å². The number of hydrogen-bond acceptors (Lipinski definition) is 4. The summed E-state index contributed by atoms with van der Waals surface area (Å²) in [5, 5.41) is 11.1. The van der Waals surface area contributed by atoms with Crippen molar-refractivity contribution in [3.8, 4) is 0 Å². The molecular weight excluding hydrogens is 148 g/mol. The van der Waals surface area contributed by atoms with E-state index in [2.05, 4.69) is 10.1 Å². The van der Waals surface area contributed by atoms with Crippen LogP contribution in [0.5, 0.6) is 0 Å². The molecule has 0 aliphatic rings. The van der Waals surface area contributed by atoms with Gasteiger partial charge in [-0.1, -0.05) is 0 Å². The van der Waals surface area contributed by atoms with Gasteiger partial charge < -0.3 is 15.6 Å². The van der Waals surface area contributed by atoms with Crippen LogP contribution in [0, 0.1) is 0 Å². The summed E-state index contributed by atoms with van der Waals surface area (Å²) in [5.74, 6) is -0.834. The average molecular weight is 162 g/mol. The zero-order valence-corrected chi connectivity index (χ0v) is 6.54. The molecule has 0 aromatic rings. The van der Waals surface area contributed by atoms with E-state index in [0.717, 1.165) is 0 Å². The third kappa shape index (κ3) is 7.24. The van der Waals surface area contributed by atoms with Gasteiger partial charge in [-0.15, -0.1) is 0 Å². The highest BCUT2D eigenvalue weighted by Crippen LogP contribution is 1.90. The van der Waals surface area contributed by atoms with Crippen LogP contribution >= 0.6 is 0 Å². The van der Waals surface area contributed by atoms with Crippen molar-refractivity contribution in [3.05, 3.63) is 0 Å². The third-order valence-electron chi connectivity index (χ3n) is 1.16. The van der Waals surface area contributed by atoms with Gasteiger partial charge in [0.05, 0.1) is 12.9 Å². The number of nitrogens with one attached hydrogen (secondary N) is 1. The topological polar surface area (TPSA) is 84.6 Å². The van der Waals surface area contributed by atoms with Crippen molar-refractivity contribution in [2.24, 2.45) is 5.73 Å². The summed E-state index contributed by atoms with van der Waals surface area (Å²) in [6.07, 6.45) is 0.197. The zero-order valence-electron chi connectivity index (χ0n) is 6.54. The second kappa shape index (κ2) is 6.09. The minimum absolute atomic E-state index is 0.0812. The predicted molar refractivity (Wildman–Crippen MR) is 39.9 cm³/mol. The van der Waals surface area contributed by atoms with Crippen LogP contribution in [-0.4, -0.2) is 31.1 Å². The van der Waals surface area contributed by atoms with Crippen LogP contribution in [0.4, 0.5) is 0 Å². The summed E-state index contributed by atoms with van der Waals surface area (Å²) < 4.78 is 4.68. The molecule has 0 saturated carbocycles. The molecule has 0 rings (SSSR count). The van der Waals surface area contributed by atoms with E-state index < -0.39 is 5.97 Å². The molecule has 0 saturated heterocycles. The Labute approximate surface area is 65.5 Å². The number of carbonyl (C=O) groups is 1. The van der Waals surface area contributed by atoms with E-state index in [4.69, 9.17) is 10.8 Å². The van der Waals surface area contributed by atoms with Crippen molar-refractivity contribution < 1.29 is 14.6 Å². The van der Waals surface area contributed by atoms with E-state index in [9.17, 15) is 4.79 Å². The monoisotopic (exact) mass is 162 g/mol. The number of carboxylic acid groups (broad SMARTS) is 1. The van der Waals surface area contributed by atoms with Gasteiger partial charge in [-0.25, -0.2) is 0 Å². The van der Waals surface area contributed by atoms with E-state index in [-0.39, 0.29) is 12.6 Å². The van der Waals surface area contributed by atoms with Gasteiger partial charge in [0.25, 0.3) is 0 Å². The lowest BCUT2D eigenvalue weighted by Crippen LogP contribution is -2.38. The summed E-state index contributed by atoms with van der Waals surface area (Å²) in [7, 11) is 1.54. The van der Waals surface area contributed by atoms with Crippen molar-refractivity contribution in [3.63, 3.8) is 0 Å². The molecule has 11 heavy (non-hydrogen) atoms. The molecule has 0 heterocycles. The molecule has 0 aromatic carbocycles. The summed E-state index contributed by atoms with van der Waals surface area (Å²) >= 11 is 0. The number of nitrogens with two attached hydrogens (primary N) is 1. The fourth-order valence-corrected chi connectivity index (χ4v) is 0.571. The van der Waals surface area contributed by atoms with Crippen LogP contribution in [0.2, 0.25) is 0 Å². The van der Waals surface area contributed by atoms with Crippen molar-refractivity contribution in [1.29, 1.82) is 0 Å². The van der Waals surface area contributed by atoms with Gasteiger partial charge in [0.2, 0.25) is 0 Å². The van der Waals surface area contributed by atoms with Gasteiger partial charge in [-0.05, 0) is 6.42 Å². The molecule has 0 spiro atoms. The molecule has 0 aliphatic carbocycles. The van der Waals surface area contributed by atoms with Gasteiger partial charge in [-0.3, -0.25) is 10.1 Å². The van der Waals surface area contributed by atoms with Crippen molar-refractivity contribution >= 4 is 5.97 Å². The average Bonchev–Trinajstić information content (AvgIpc) is 1.97. The lowest BCUT2D eigenvalue weighted by molar-refractivity contribution is -0.137. The molecule has 1 unspecified atom stereocenters. The molecule has 4 N–H and O–H groups in total. The molecule has 5 heteroatoms. The maximum atomic E-state index is 10.1. The quantitative estimate of drug-likeness (QED) is 0.451. The largest absolute Gasteiger partial charge is 0.481 e. The van der Waals surface area contributed by atoms with Gasteiger partial charge in [0.15, 0.2) is 0 Å². The second-order valence-electron chi connectivity index (χ2n) is 2.18. The van der Waals surface area contributed by atoms with Crippen molar-refractivity contribution in [2.45, 2.75) is 19.0 Å².